The number of hydrogen-bond acceptors (Lipinski definition) is 0. The third-order valence-electron chi connectivity index (χ3n) is 5.14. The number of pyridine rings is 1. The molecule has 0 aliphatic rings. The van der Waals surface area contributed by atoms with Crippen molar-refractivity contribution in [2.75, 3.05) is 0 Å². The van der Waals surface area contributed by atoms with Crippen molar-refractivity contribution >= 4 is 10.8 Å². The summed E-state index contributed by atoms with van der Waals surface area (Å²) < 4.78 is 1.94. The Labute approximate surface area is 175 Å². The molecule has 0 aliphatic heterocycles. The van der Waals surface area contributed by atoms with E-state index in [0.717, 1.165) is 16.8 Å². The van der Waals surface area contributed by atoms with E-state index in [9.17, 15) is 0 Å². The van der Waals surface area contributed by atoms with Gasteiger partial charge in [0.1, 0.15) is 0 Å². The molecule has 0 saturated carbocycles. The maximum atomic E-state index is 4.27. The Bertz CT molecular complexity index is 1130. The zero-order valence-corrected chi connectivity index (χ0v) is 18.0. The van der Waals surface area contributed by atoms with Crippen LogP contribution in [0.4, 0.5) is 0 Å². The molecule has 0 bridgehead atoms. The average Bonchev–Trinajstić information content (AvgIpc) is 2.65. The Kier molecular flexibility index (Phi) is 5.41. The van der Waals surface area contributed by atoms with Gasteiger partial charge in [-0.15, -0.1) is 17.7 Å². The van der Waals surface area contributed by atoms with Crippen molar-refractivity contribution in [3.05, 3.63) is 104 Å². The van der Waals surface area contributed by atoms with Crippen molar-refractivity contribution in [3.8, 4) is 22.4 Å². The number of rotatable bonds is 2. The summed E-state index contributed by atoms with van der Waals surface area (Å²) in [6, 6.07) is 23.6. The Hall–Kier alpha value is -2.54. The molecule has 0 unspecified atom stereocenters. The van der Waals surface area contributed by atoms with Crippen molar-refractivity contribution in [2.45, 2.75) is 13.8 Å². The fourth-order valence-electron chi connectivity index (χ4n) is 3.45. The smallest absolute Gasteiger partial charge is 0.0692 e. The number of aryl methyl sites for hydroxylation is 2. The van der Waals surface area contributed by atoms with Crippen LogP contribution >= 0.6 is 0 Å². The molecule has 2 heteroatoms. The maximum Gasteiger partial charge on any atom is 0.0692 e. The first-order valence-corrected chi connectivity index (χ1v) is 8.83. The Morgan fingerprint density at radius 2 is 1.48 bits per heavy atom. The van der Waals surface area contributed by atoms with E-state index in [2.05, 4.69) is 94.5 Å². The van der Waals surface area contributed by atoms with Crippen molar-refractivity contribution in [1.29, 1.82) is 0 Å². The van der Waals surface area contributed by atoms with Crippen molar-refractivity contribution in [2.24, 2.45) is 0 Å². The molecular weight excluding hydrogens is 506 g/mol. The summed E-state index contributed by atoms with van der Waals surface area (Å²) in [5.74, 6) is 0. The van der Waals surface area contributed by atoms with E-state index < -0.39 is 0 Å². The Morgan fingerprint density at radius 1 is 0.778 bits per heavy atom. The molecule has 0 spiro atoms. The van der Waals surface area contributed by atoms with Crippen LogP contribution in [0.3, 0.4) is 0 Å². The van der Waals surface area contributed by atoms with Gasteiger partial charge in [0, 0.05) is 27.2 Å². The molecule has 1 aromatic heterocycles. The van der Waals surface area contributed by atoms with Gasteiger partial charge in [0.25, 0.3) is 0 Å². The molecule has 4 aromatic rings. The summed E-state index contributed by atoms with van der Waals surface area (Å²) in [6.45, 7) is 8.57. The standard InChI is InChI=1S/C25H22N.Ir/c1-17-9-11-21(15-19(17)3)22-12-10-18(2)24(16-22)25-23-8-6-5-7-20(23)13-14-26(25)4;/h5-16H,2,4H2,1,3H3;/q-1;. The van der Waals surface area contributed by atoms with E-state index in [-0.39, 0.29) is 20.1 Å². The number of aromatic nitrogens is 1. The van der Waals surface area contributed by atoms with Gasteiger partial charge < -0.3 is 4.57 Å². The van der Waals surface area contributed by atoms with E-state index >= 15 is 0 Å². The third kappa shape index (κ3) is 3.51. The predicted molar refractivity (Wildman–Crippen MR) is 110 cm³/mol. The van der Waals surface area contributed by atoms with Gasteiger partial charge in [-0.3, -0.25) is 0 Å². The molecule has 1 nitrogen and oxygen atoms in total. The van der Waals surface area contributed by atoms with E-state index in [1.54, 1.807) is 0 Å². The van der Waals surface area contributed by atoms with Crippen LogP contribution in [0.5, 0.6) is 0 Å². The fourth-order valence-corrected chi connectivity index (χ4v) is 3.45. The molecule has 0 N–H and O–H groups in total. The molecule has 0 saturated heterocycles. The number of nitrogens with zero attached hydrogens (tertiary/aromatic N) is 1. The zero-order chi connectivity index (χ0) is 18.3. The minimum atomic E-state index is 0. The number of benzene rings is 3. The quantitative estimate of drug-likeness (QED) is 0.225. The predicted octanol–water partition coefficient (Wildman–Crippen LogP) is 5.90. The van der Waals surface area contributed by atoms with Gasteiger partial charge in [0.15, 0.2) is 0 Å². The van der Waals surface area contributed by atoms with Crippen molar-refractivity contribution in [3.63, 3.8) is 0 Å². The first-order valence-electron chi connectivity index (χ1n) is 8.83. The van der Waals surface area contributed by atoms with E-state index in [1.807, 2.05) is 10.8 Å². The summed E-state index contributed by atoms with van der Waals surface area (Å²) in [6.07, 6.45) is 2.01. The van der Waals surface area contributed by atoms with Crippen LogP contribution in [-0.4, -0.2) is 0 Å². The van der Waals surface area contributed by atoms with Gasteiger partial charge in [0.2, 0.25) is 0 Å². The average molecular weight is 529 g/mol. The maximum absolute atomic E-state index is 4.27. The van der Waals surface area contributed by atoms with Gasteiger partial charge >= 0.3 is 0 Å². The van der Waals surface area contributed by atoms with Crippen LogP contribution in [0.25, 0.3) is 33.2 Å². The third-order valence-corrected chi connectivity index (χ3v) is 5.14. The molecule has 27 heavy (non-hydrogen) atoms. The molecule has 0 amide bonds. The summed E-state index contributed by atoms with van der Waals surface area (Å²) in [5.41, 5.74) is 8.26. The van der Waals surface area contributed by atoms with E-state index in [1.165, 1.54) is 33.0 Å². The fraction of sp³-hybridized carbons (Fsp3) is 0.0800. The molecule has 3 aromatic carbocycles. The van der Waals surface area contributed by atoms with Gasteiger partial charge in [-0.2, -0.15) is 18.6 Å². The molecule has 4 rings (SSSR count). The van der Waals surface area contributed by atoms with Crippen LogP contribution in [0.1, 0.15) is 16.7 Å². The van der Waals surface area contributed by atoms with E-state index in [0.29, 0.717) is 0 Å². The van der Waals surface area contributed by atoms with Crippen molar-refractivity contribution in [1.82, 2.24) is 0 Å². The SMILES string of the molecule is [CH2-]c1ccc(-c2ccc(C)c(C)c2)cc1-c1c2ccccc2cc[n+]1[CH2-].[Ir]. The minimum Gasteiger partial charge on any atom is -0.343 e. The minimum absolute atomic E-state index is 0. The van der Waals surface area contributed by atoms with Crippen LogP contribution in [0.2, 0.25) is 0 Å². The summed E-state index contributed by atoms with van der Waals surface area (Å²) in [5, 5.41) is 2.39. The number of fused-ring (bicyclic) bond motifs is 1. The second-order valence-corrected chi connectivity index (χ2v) is 6.89. The normalized spacial score (nSPS) is 10.6. The Morgan fingerprint density at radius 3 is 2.26 bits per heavy atom. The van der Waals surface area contributed by atoms with Gasteiger partial charge in [-0.1, -0.05) is 42.5 Å². The van der Waals surface area contributed by atoms with Gasteiger partial charge in [-0.05, 0) is 52.9 Å². The molecule has 0 fully saturated rings. The van der Waals surface area contributed by atoms with Crippen molar-refractivity contribution < 1.29 is 24.7 Å². The monoisotopic (exact) mass is 529 g/mol. The molecule has 1 radical (unpaired) electrons. The topological polar surface area (TPSA) is 3.88 Å². The van der Waals surface area contributed by atoms with Crippen LogP contribution in [-0.2, 0) is 20.1 Å². The first kappa shape index (κ1) is 19.2. The van der Waals surface area contributed by atoms with Crippen LogP contribution in [0, 0.1) is 27.8 Å². The molecule has 0 aliphatic carbocycles. The van der Waals surface area contributed by atoms with Crippen LogP contribution < -0.4 is 4.57 Å². The number of hydrogen-bond donors (Lipinski definition) is 0. The van der Waals surface area contributed by atoms with Crippen LogP contribution in [0.15, 0.2) is 72.9 Å². The summed E-state index contributed by atoms with van der Waals surface area (Å²) >= 11 is 0. The summed E-state index contributed by atoms with van der Waals surface area (Å²) in [7, 11) is 4.21. The molecule has 137 valence electrons. The molecular formula is C25H22IrN-. The second kappa shape index (κ2) is 7.60. The van der Waals surface area contributed by atoms with Gasteiger partial charge in [0.05, 0.1) is 11.9 Å². The largest absolute Gasteiger partial charge is 0.343 e. The molecule has 1 heterocycles. The second-order valence-electron chi connectivity index (χ2n) is 6.89. The Balaban J connectivity index is 0.00000210. The first-order chi connectivity index (χ1) is 12.5. The zero-order valence-electron chi connectivity index (χ0n) is 15.6. The molecule has 0 atom stereocenters. The van der Waals surface area contributed by atoms with Gasteiger partial charge in [-0.25, -0.2) is 0 Å². The summed E-state index contributed by atoms with van der Waals surface area (Å²) in [4.78, 5) is 0. The van der Waals surface area contributed by atoms with E-state index in [4.69, 9.17) is 0 Å².